The third kappa shape index (κ3) is 9.92. The average molecular weight is 525 g/mol. The van der Waals surface area contributed by atoms with E-state index < -0.39 is 11.0 Å². The maximum Gasteiger partial charge on any atom is 0.411 e. The molecule has 0 aromatic heterocycles. The standard InChI is InChI=1S/C30H40N2O6/c1-6-7-8-12-23-17-28(33)26(15-13-22(4)11-9-10-21(2)3)29(18-23)38-20-24-19-25(32(35)36)14-16-27(24)31-30(34)37-5/h10,13-14,16-19,33H,6-9,11-12,15,20H2,1-5H3,(H,31,34)/b22-13+. The van der Waals surface area contributed by atoms with Gasteiger partial charge in [0.2, 0.25) is 0 Å². The van der Waals surface area contributed by atoms with E-state index in [1.165, 1.54) is 36.5 Å². The number of rotatable bonds is 14. The highest BCUT2D eigenvalue weighted by Gasteiger charge is 2.16. The second kappa shape index (κ2) is 15.4. The van der Waals surface area contributed by atoms with Gasteiger partial charge in [-0.25, -0.2) is 4.79 Å². The molecule has 38 heavy (non-hydrogen) atoms. The molecule has 8 heteroatoms. The quantitative estimate of drug-likeness (QED) is 0.112. The van der Waals surface area contributed by atoms with Crippen LogP contribution in [0.1, 0.15) is 76.5 Å². The third-order valence-corrected chi connectivity index (χ3v) is 6.17. The van der Waals surface area contributed by atoms with E-state index in [0.717, 1.165) is 44.1 Å². The number of non-ortho nitro benzene ring substituents is 1. The molecule has 206 valence electrons. The molecular formula is C30H40N2O6. The number of nitrogens with zero attached hydrogens (tertiary/aromatic N) is 1. The monoisotopic (exact) mass is 524 g/mol. The Morgan fingerprint density at radius 3 is 2.55 bits per heavy atom. The molecule has 0 heterocycles. The van der Waals surface area contributed by atoms with Crippen molar-refractivity contribution in [3.05, 3.63) is 80.4 Å². The Labute approximate surface area is 225 Å². The van der Waals surface area contributed by atoms with Gasteiger partial charge in [0.1, 0.15) is 18.1 Å². The lowest BCUT2D eigenvalue weighted by molar-refractivity contribution is -0.384. The molecule has 2 rings (SSSR count). The van der Waals surface area contributed by atoms with E-state index in [2.05, 4.69) is 49.9 Å². The van der Waals surface area contributed by atoms with Gasteiger partial charge in [0.15, 0.2) is 0 Å². The van der Waals surface area contributed by atoms with Crippen molar-refractivity contribution in [1.29, 1.82) is 0 Å². The molecule has 0 unspecified atom stereocenters. The minimum atomic E-state index is -0.690. The molecule has 2 aromatic rings. The van der Waals surface area contributed by atoms with E-state index >= 15 is 0 Å². The van der Waals surface area contributed by atoms with E-state index in [4.69, 9.17) is 4.74 Å². The summed E-state index contributed by atoms with van der Waals surface area (Å²) in [5.41, 5.74) is 4.76. The summed E-state index contributed by atoms with van der Waals surface area (Å²) in [4.78, 5) is 22.7. The molecule has 2 N–H and O–H groups in total. The number of carbonyl (C=O) groups is 1. The van der Waals surface area contributed by atoms with Gasteiger partial charge in [-0.05, 0) is 76.6 Å². The molecule has 8 nitrogen and oxygen atoms in total. The Balaban J connectivity index is 2.37. The number of phenols is 1. The van der Waals surface area contributed by atoms with Crippen molar-refractivity contribution in [1.82, 2.24) is 0 Å². The number of unbranched alkanes of at least 4 members (excludes halogenated alkanes) is 2. The molecule has 0 aliphatic heterocycles. The number of benzene rings is 2. The summed E-state index contributed by atoms with van der Waals surface area (Å²) in [5.74, 6) is 0.676. The Hall–Kier alpha value is -3.81. The Morgan fingerprint density at radius 2 is 1.89 bits per heavy atom. The first-order chi connectivity index (χ1) is 18.1. The first kappa shape index (κ1) is 30.4. The molecule has 0 saturated heterocycles. The number of hydrogen-bond acceptors (Lipinski definition) is 6. The van der Waals surface area contributed by atoms with Crippen LogP contribution in [0.15, 0.2) is 53.6 Å². The lowest BCUT2D eigenvalue weighted by Gasteiger charge is -2.16. The minimum Gasteiger partial charge on any atom is -0.508 e. The Kier molecular flexibility index (Phi) is 12.4. The fourth-order valence-corrected chi connectivity index (χ4v) is 3.96. The molecule has 2 aromatic carbocycles. The van der Waals surface area contributed by atoms with Crippen molar-refractivity contribution >= 4 is 17.5 Å². The van der Waals surface area contributed by atoms with Crippen molar-refractivity contribution in [3.8, 4) is 11.5 Å². The van der Waals surface area contributed by atoms with Gasteiger partial charge in [-0.1, -0.05) is 43.1 Å². The summed E-state index contributed by atoms with van der Waals surface area (Å²) in [6.07, 6.45) is 9.95. The number of phenolic OH excluding ortho intramolecular Hbond substituents is 1. The van der Waals surface area contributed by atoms with Crippen LogP contribution in [-0.4, -0.2) is 23.2 Å². The number of carbonyl (C=O) groups excluding carboxylic acids is 1. The number of nitro groups is 1. The number of anilines is 1. The number of ether oxygens (including phenoxy) is 2. The van der Waals surface area contributed by atoms with E-state index in [9.17, 15) is 20.0 Å². The molecule has 0 fully saturated rings. The number of aryl methyl sites for hydroxylation is 1. The number of nitro benzene ring substituents is 1. The maximum absolute atomic E-state index is 11.8. The molecule has 0 atom stereocenters. The van der Waals surface area contributed by atoms with Crippen molar-refractivity contribution in [3.63, 3.8) is 0 Å². The highest BCUT2D eigenvalue weighted by atomic mass is 16.6. The summed E-state index contributed by atoms with van der Waals surface area (Å²) in [5, 5.41) is 24.9. The van der Waals surface area contributed by atoms with Crippen molar-refractivity contribution in [2.45, 2.75) is 79.2 Å². The number of amides is 1. The van der Waals surface area contributed by atoms with Crippen LogP contribution in [0.25, 0.3) is 0 Å². The zero-order valence-corrected chi connectivity index (χ0v) is 23.1. The van der Waals surface area contributed by atoms with E-state index in [1.54, 1.807) is 6.07 Å². The van der Waals surface area contributed by atoms with Gasteiger partial charge in [0, 0.05) is 23.3 Å². The number of aromatic hydroxyl groups is 1. The number of hydrogen-bond donors (Lipinski definition) is 2. The number of methoxy groups -OCH3 is 1. The number of nitrogens with one attached hydrogen (secondary N) is 1. The molecule has 0 radical (unpaired) electrons. The highest BCUT2D eigenvalue weighted by molar-refractivity contribution is 5.85. The Bertz CT molecular complexity index is 1170. The minimum absolute atomic E-state index is 0.0465. The zero-order valence-electron chi connectivity index (χ0n) is 23.1. The van der Waals surface area contributed by atoms with Gasteiger partial charge >= 0.3 is 6.09 Å². The van der Waals surface area contributed by atoms with E-state index in [-0.39, 0.29) is 18.0 Å². The molecular weight excluding hydrogens is 484 g/mol. The predicted molar refractivity (Wildman–Crippen MR) is 151 cm³/mol. The normalized spacial score (nSPS) is 11.1. The Morgan fingerprint density at radius 1 is 1.13 bits per heavy atom. The summed E-state index contributed by atoms with van der Waals surface area (Å²) in [7, 11) is 1.24. The molecule has 0 aliphatic rings. The summed E-state index contributed by atoms with van der Waals surface area (Å²) in [6.45, 7) is 8.32. The smallest absolute Gasteiger partial charge is 0.411 e. The van der Waals surface area contributed by atoms with E-state index in [1.807, 2.05) is 6.07 Å². The highest BCUT2D eigenvalue weighted by Crippen LogP contribution is 2.33. The molecule has 0 aliphatic carbocycles. The first-order valence-corrected chi connectivity index (χ1v) is 13.0. The van der Waals surface area contributed by atoms with Crippen molar-refractivity contribution < 1.29 is 24.3 Å². The second-order valence-corrected chi connectivity index (χ2v) is 9.63. The maximum atomic E-state index is 11.8. The van der Waals surface area contributed by atoms with Gasteiger partial charge in [-0.3, -0.25) is 15.4 Å². The van der Waals surface area contributed by atoms with Crippen LogP contribution in [0, 0.1) is 10.1 Å². The van der Waals surface area contributed by atoms with Gasteiger partial charge in [-0.15, -0.1) is 0 Å². The number of allylic oxidation sites excluding steroid dienone is 4. The van der Waals surface area contributed by atoms with Gasteiger partial charge in [0.05, 0.1) is 17.7 Å². The SMILES string of the molecule is CCCCCc1cc(O)c(C/C=C(\C)CCC=C(C)C)c(OCc2cc([N+](=O)[O-])ccc2NC(=O)OC)c1. The van der Waals surface area contributed by atoms with Crippen LogP contribution in [0.3, 0.4) is 0 Å². The van der Waals surface area contributed by atoms with Crippen molar-refractivity contribution in [2.75, 3.05) is 12.4 Å². The average Bonchev–Trinajstić information content (AvgIpc) is 2.87. The van der Waals surface area contributed by atoms with Crippen LogP contribution in [-0.2, 0) is 24.2 Å². The lowest BCUT2D eigenvalue weighted by Crippen LogP contribution is -2.13. The lowest BCUT2D eigenvalue weighted by atomic mass is 10.00. The largest absolute Gasteiger partial charge is 0.508 e. The third-order valence-electron chi connectivity index (χ3n) is 6.17. The first-order valence-electron chi connectivity index (χ1n) is 13.0. The van der Waals surface area contributed by atoms with Crippen LogP contribution in [0.2, 0.25) is 0 Å². The molecule has 0 spiro atoms. The van der Waals surface area contributed by atoms with Gasteiger partial charge < -0.3 is 14.6 Å². The topological polar surface area (TPSA) is 111 Å². The zero-order chi connectivity index (χ0) is 28.1. The van der Waals surface area contributed by atoms with Gasteiger partial charge in [0.25, 0.3) is 5.69 Å². The fraction of sp³-hybridized carbons (Fsp3) is 0.433. The van der Waals surface area contributed by atoms with Crippen LogP contribution in [0.5, 0.6) is 11.5 Å². The van der Waals surface area contributed by atoms with Gasteiger partial charge in [-0.2, -0.15) is 0 Å². The van der Waals surface area contributed by atoms with Crippen LogP contribution >= 0.6 is 0 Å². The second-order valence-electron chi connectivity index (χ2n) is 9.63. The van der Waals surface area contributed by atoms with Crippen LogP contribution < -0.4 is 10.1 Å². The molecule has 0 bridgehead atoms. The summed E-state index contributed by atoms with van der Waals surface area (Å²) in [6, 6.07) is 7.85. The predicted octanol–water partition coefficient (Wildman–Crippen LogP) is 8.03. The summed E-state index contributed by atoms with van der Waals surface area (Å²) >= 11 is 0. The van der Waals surface area contributed by atoms with E-state index in [0.29, 0.717) is 29.0 Å². The molecule has 1 amide bonds. The fourth-order valence-electron chi connectivity index (χ4n) is 3.96. The van der Waals surface area contributed by atoms with Crippen LogP contribution in [0.4, 0.5) is 16.2 Å². The molecule has 0 saturated carbocycles. The van der Waals surface area contributed by atoms with Crippen molar-refractivity contribution in [2.24, 2.45) is 0 Å². The summed E-state index contributed by atoms with van der Waals surface area (Å²) < 4.78 is 10.8.